The van der Waals surface area contributed by atoms with E-state index in [9.17, 15) is 4.79 Å². The summed E-state index contributed by atoms with van der Waals surface area (Å²) in [7, 11) is 0. The van der Waals surface area contributed by atoms with Gasteiger partial charge in [-0.3, -0.25) is 4.79 Å². The van der Waals surface area contributed by atoms with Gasteiger partial charge in [-0.2, -0.15) is 0 Å². The molecule has 0 aliphatic rings. The molecule has 0 aliphatic heterocycles. The van der Waals surface area contributed by atoms with Gasteiger partial charge in [0.05, 0.1) is 0 Å². The summed E-state index contributed by atoms with van der Waals surface area (Å²) in [6.45, 7) is 6.50. The van der Waals surface area contributed by atoms with Crippen LogP contribution < -0.4 is 5.32 Å². The molecule has 0 aromatic carbocycles. The van der Waals surface area contributed by atoms with Crippen LogP contribution in [0.25, 0.3) is 0 Å². The number of aromatic nitrogens is 1. The summed E-state index contributed by atoms with van der Waals surface area (Å²) in [6, 6.07) is 3.56. The first-order valence-corrected chi connectivity index (χ1v) is 5.38. The standard InChI is InChI=1S/C11H15ClN2O/c1-4-13-11(15)10-8(7(2)3)5-6-9(12)14-10/h5-7H,4H2,1-3H3,(H,13,15). The molecule has 0 saturated carbocycles. The molecule has 1 aromatic rings. The maximum absolute atomic E-state index is 11.7. The zero-order valence-electron chi connectivity index (χ0n) is 9.17. The Hall–Kier alpha value is -1.09. The normalized spacial score (nSPS) is 10.5. The fourth-order valence-electron chi connectivity index (χ4n) is 1.34. The molecule has 1 heterocycles. The smallest absolute Gasteiger partial charge is 0.270 e. The van der Waals surface area contributed by atoms with Crippen molar-refractivity contribution in [2.45, 2.75) is 26.7 Å². The molecule has 1 aromatic heterocycles. The SMILES string of the molecule is CCNC(=O)c1nc(Cl)ccc1C(C)C. The van der Waals surface area contributed by atoms with E-state index in [1.807, 2.05) is 26.8 Å². The van der Waals surface area contributed by atoms with E-state index >= 15 is 0 Å². The van der Waals surface area contributed by atoms with E-state index in [0.29, 0.717) is 17.4 Å². The Morgan fingerprint density at radius 2 is 2.20 bits per heavy atom. The number of nitrogens with zero attached hydrogens (tertiary/aromatic N) is 1. The van der Waals surface area contributed by atoms with Crippen molar-refractivity contribution in [3.05, 3.63) is 28.5 Å². The van der Waals surface area contributed by atoms with Crippen LogP contribution in [0, 0.1) is 0 Å². The number of hydrogen-bond donors (Lipinski definition) is 1. The van der Waals surface area contributed by atoms with Gasteiger partial charge in [-0.25, -0.2) is 4.98 Å². The van der Waals surface area contributed by atoms with Crippen molar-refractivity contribution in [1.29, 1.82) is 0 Å². The van der Waals surface area contributed by atoms with Crippen LogP contribution in [0.1, 0.15) is 42.7 Å². The van der Waals surface area contributed by atoms with Gasteiger partial charge in [0.15, 0.2) is 0 Å². The van der Waals surface area contributed by atoms with Crippen LogP contribution in [0.15, 0.2) is 12.1 Å². The highest BCUT2D eigenvalue weighted by Gasteiger charge is 2.15. The number of nitrogens with one attached hydrogen (secondary N) is 1. The fourth-order valence-corrected chi connectivity index (χ4v) is 1.49. The lowest BCUT2D eigenvalue weighted by molar-refractivity contribution is 0.0949. The summed E-state index contributed by atoms with van der Waals surface area (Å²) in [4.78, 5) is 15.8. The van der Waals surface area contributed by atoms with E-state index in [1.54, 1.807) is 6.07 Å². The maximum atomic E-state index is 11.7. The highest BCUT2D eigenvalue weighted by atomic mass is 35.5. The molecule has 0 unspecified atom stereocenters. The minimum Gasteiger partial charge on any atom is -0.351 e. The van der Waals surface area contributed by atoms with Gasteiger partial charge in [-0.15, -0.1) is 0 Å². The summed E-state index contributed by atoms with van der Waals surface area (Å²) >= 11 is 5.77. The van der Waals surface area contributed by atoms with Crippen molar-refractivity contribution in [2.75, 3.05) is 6.54 Å². The summed E-state index contributed by atoms with van der Waals surface area (Å²) in [5.74, 6) is 0.0936. The van der Waals surface area contributed by atoms with Crippen molar-refractivity contribution in [2.24, 2.45) is 0 Å². The molecule has 0 aliphatic carbocycles. The van der Waals surface area contributed by atoms with Gasteiger partial charge in [0, 0.05) is 6.54 Å². The number of carbonyl (C=O) groups excluding carboxylic acids is 1. The van der Waals surface area contributed by atoms with E-state index in [0.717, 1.165) is 5.56 Å². The van der Waals surface area contributed by atoms with E-state index in [1.165, 1.54) is 0 Å². The van der Waals surface area contributed by atoms with Gasteiger partial charge in [0.25, 0.3) is 5.91 Å². The molecule has 0 fully saturated rings. The lowest BCUT2D eigenvalue weighted by Crippen LogP contribution is -2.25. The first-order valence-electron chi connectivity index (χ1n) is 5.01. The van der Waals surface area contributed by atoms with Gasteiger partial charge in [-0.05, 0) is 24.5 Å². The van der Waals surface area contributed by atoms with Crippen molar-refractivity contribution >= 4 is 17.5 Å². The van der Waals surface area contributed by atoms with Crippen LogP contribution in [-0.2, 0) is 0 Å². The topological polar surface area (TPSA) is 42.0 Å². The summed E-state index contributed by atoms with van der Waals surface area (Å²) in [6.07, 6.45) is 0. The van der Waals surface area contributed by atoms with E-state index < -0.39 is 0 Å². The predicted octanol–water partition coefficient (Wildman–Crippen LogP) is 2.61. The van der Waals surface area contributed by atoms with Gasteiger partial charge >= 0.3 is 0 Å². The van der Waals surface area contributed by atoms with Crippen LogP contribution in [0.2, 0.25) is 5.15 Å². The van der Waals surface area contributed by atoms with Crippen molar-refractivity contribution < 1.29 is 4.79 Å². The zero-order chi connectivity index (χ0) is 11.4. The Morgan fingerprint density at radius 1 is 1.53 bits per heavy atom. The second-order valence-electron chi connectivity index (χ2n) is 3.59. The molecule has 0 spiro atoms. The second kappa shape index (κ2) is 5.12. The molecule has 82 valence electrons. The van der Waals surface area contributed by atoms with Gasteiger partial charge in [-0.1, -0.05) is 31.5 Å². The Kier molecular flexibility index (Phi) is 4.09. The summed E-state index contributed by atoms with van der Waals surface area (Å²) in [5, 5.41) is 3.07. The maximum Gasteiger partial charge on any atom is 0.270 e. The largest absolute Gasteiger partial charge is 0.351 e. The van der Waals surface area contributed by atoms with Crippen LogP contribution in [0.5, 0.6) is 0 Å². The molecule has 1 amide bonds. The number of halogens is 1. The summed E-state index contributed by atoms with van der Waals surface area (Å²) in [5.41, 5.74) is 1.35. The Bertz CT molecular complexity index is 364. The molecule has 0 bridgehead atoms. The van der Waals surface area contributed by atoms with Crippen molar-refractivity contribution in [1.82, 2.24) is 10.3 Å². The van der Waals surface area contributed by atoms with E-state index in [4.69, 9.17) is 11.6 Å². The third-order valence-electron chi connectivity index (χ3n) is 2.07. The highest BCUT2D eigenvalue weighted by molar-refractivity contribution is 6.29. The highest BCUT2D eigenvalue weighted by Crippen LogP contribution is 2.20. The minimum atomic E-state index is -0.163. The molecule has 4 heteroatoms. The second-order valence-corrected chi connectivity index (χ2v) is 3.97. The third kappa shape index (κ3) is 2.93. The molecular formula is C11H15ClN2O. The third-order valence-corrected chi connectivity index (χ3v) is 2.28. The van der Waals surface area contributed by atoms with Crippen LogP contribution in [0.4, 0.5) is 0 Å². The molecule has 0 radical (unpaired) electrons. The lowest BCUT2D eigenvalue weighted by atomic mass is 10.0. The van der Waals surface area contributed by atoms with Crippen LogP contribution in [-0.4, -0.2) is 17.4 Å². The average molecular weight is 227 g/mol. The number of amides is 1. The predicted molar refractivity (Wildman–Crippen MR) is 61.3 cm³/mol. The van der Waals surface area contributed by atoms with Gasteiger partial charge in [0.2, 0.25) is 0 Å². The van der Waals surface area contributed by atoms with Crippen LogP contribution >= 0.6 is 11.6 Å². The molecule has 0 saturated heterocycles. The molecule has 0 atom stereocenters. The van der Waals surface area contributed by atoms with Gasteiger partial charge in [0.1, 0.15) is 10.8 Å². The van der Waals surface area contributed by atoms with Crippen LogP contribution in [0.3, 0.4) is 0 Å². The van der Waals surface area contributed by atoms with Gasteiger partial charge < -0.3 is 5.32 Å². The summed E-state index contributed by atoms with van der Waals surface area (Å²) < 4.78 is 0. The van der Waals surface area contributed by atoms with Crippen molar-refractivity contribution in [3.8, 4) is 0 Å². The van der Waals surface area contributed by atoms with E-state index in [2.05, 4.69) is 10.3 Å². The first-order chi connectivity index (χ1) is 7.06. The number of pyridine rings is 1. The Morgan fingerprint density at radius 3 is 2.73 bits per heavy atom. The quantitative estimate of drug-likeness (QED) is 0.805. The van der Waals surface area contributed by atoms with E-state index in [-0.39, 0.29) is 11.8 Å². The lowest BCUT2D eigenvalue weighted by Gasteiger charge is -2.11. The Labute approximate surface area is 94.9 Å². The number of carbonyl (C=O) groups is 1. The molecule has 1 N–H and O–H groups in total. The zero-order valence-corrected chi connectivity index (χ0v) is 9.93. The first kappa shape index (κ1) is 12.0. The Balaban J connectivity index is 3.12. The molecular weight excluding hydrogens is 212 g/mol. The molecule has 1 rings (SSSR count). The number of hydrogen-bond acceptors (Lipinski definition) is 2. The molecule has 15 heavy (non-hydrogen) atoms. The monoisotopic (exact) mass is 226 g/mol. The fraction of sp³-hybridized carbons (Fsp3) is 0.455. The molecule has 3 nitrogen and oxygen atoms in total. The number of rotatable bonds is 3. The average Bonchev–Trinajstić information content (AvgIpc) is 2.17. The van der Waals surface area contributed by atoms with Crippen molar-refractivity contribution in [3.63, 3.8) is 0 Å². The minimum absolute atomic E-state index is 0.163.